The van der Waals surface area contributed by atoms with Gasteiger partial charge in [0.2, 0.25) is 0 Å². The normalized spacial score (nSPS) is 29.2. The lowest BCUT2D eigenvalue weighted by atomic mass is 9.89. The molecular weight excluding hydrogens is 256 g/mol. The third-order valence-electron chi connectivity index (χ3n) is 3.93. The lowest BCUT2D eigenvalue weighted by molar-refractivity contribution is -0.0333. The minimum atomic E-state index is -3.29. The molecule has 0 amide bonds. The fourth-order valence-electron chi connectivity index (χ4n) is 2.66. The van der Waals surface area contributed by atoms with Crippen LogP contribution in [-0.2, 0) is 19.7 Å². The Balaban J connectivity index is 1.97. The predicted octanol–water partition coefficient (Wildman–Crippen LogP) is 0.0627. The Hall–Kier alpha value is -0.210. The summed E-state index contributed by atoms with van der Waals surface area (Å²) in [7, 11) is 1.53. The number of piperidine rings is 1. The maximum Gasteiger partial charge on any atom is 0.281 e. The number of ether oxygens (including phenoxy) is 2. The predicted molar refractivity (Wildman–Crippen MR) is 67.5 cm³/mol. The second-order valence-corrected chi connectivity index (χ2v) is 7.39. The first-order valence-electron chi connectivity index (χ1n) is 6.24. The van der Waals surface area contributed by atoms with Crippen LogP contribution < -0.4 is 0 Å². The lowest BCUT2D eigenvalue weighted by Gasteiger charge is -2.38. The molecule has 0 aliphatic carbocycles. The molecule has 106 valence electrons. The smallest absolute Gasteiger partial charge is 0.281 e. The zero-order valence-electron chi connectivity index (χ0n) is 11.3. The summed E-state index contributed by atoms with van der Waals surface area (Å²) in [5.41, 5.74) is -0.168. The minimum Gasteiger partial charge on any atom is -0.379 e. The van der Waals surface area contributed by atoms with Gasteiger partial charge in [0.15, 0.2) is 0 Å². The molecule has 2 heterocycles. The first-order chi connectivity index (χ1) is 8.39. The maximum absolute atomic E-state index is 12.0. The van der Waals surface area contributed by atoms with Crippen LogP contribution in [0.4, 0.5) is 0 Å². The molecule has 0 N–H and O–H groups in total. The van der Waals surface area contributed by atoms with Crippen molar-refractivity contribution in [2.75, 3.05) is 40.9 Å². The summed E-state index contributed by atoms with van der Waals surface area (Å²) in [6.07, 6.45) is 2.53. The van der Waals surface area contributed by atoms with Gasteiger partial charge in [-0.3, -0.25) is 0 Å². The van der Waals surface area contributed by atoms with Gasteiger partial charge in [0.25, 0.3) is 10.2 Å². The molecule has 1 atom stereocenters. The molecule has 0 unspecified atom stereocenters. The van der Waals surface area contributed by atoms with Crippen LogP contribution in [0, 0.1) is 0 Å². The van der Waals surface area contributed by atoms with Crippen molar-refractivity contribution < 1.29 is 17.9 Å². The second-order valence-electron chi connectivity index (χ2n) is 5.25. The van der Waals surface area contributed by atoms with Crippen LogP contribution in [0.5, 0.6) is 0 Å². The Morgan fingerprint density at radius 3 is 2.39 bits per heavy atom. The Bertz CT molecular complexity index is 388. The topological polar surface area (TPSA) is 59.1 Å². The molecule has 18 heavy (non-hydrogen) atoms. The zero-order chi connectivity index (χ0) is 13.4. The van der Waals surface area contributed by atoms with Crippen LogP contribution in [-0.4, -0.2) is 69.6 Å². The molecule has 0 aromatic heterocycles. The molecule has 0 aromatic rings. The molecule has 7 heteroatoms. The fourth-order valence-corrected chi connectivity index (χ4v) is 3.76. The van der Waals surface area contributed by atoms with E-state index in [1.165, 1.54) is 8.61 Å². The molecule has 2 aliphatic heterocycles. The SMILES string of the molecule is CO[C@H]1COC2(CCN(S(=O)(=O)N(C)C)CC2)C1. The second kappa shape index (κ2) is 5.05. The average molecular weight is 278 g/mol. The van der Waals surface area contributed by atoms with Crippen molar-refractivity contribution in [1.29, 1.82) is 0 Å². The van der Waals surface area contributed by atoms with Gasteiger partial charge >= 0.3 is 0 Å². The molecule has 2 fully saturated rings. The van der Waals surface area contributed by atoms with Crippen molar-refractivity contribution in [3.63, 3.8) is 0 Å². The van der Waals surface area contributed by atoms with Crippen molar-refractivity contribution in [3.8, 4) is 0 Å². The van der Waals surface area contributed by atoms with Gasteiger partial charge in [-0.05, 0) is 12.8 Å². The summed E-state index contributed by atoms with van der Waals surface area (Å²) in [6, 6.07) is 0. The van der Waals surface area contributed by atoms with Gasteiger partial charge < -0.3 is 9.47 Å². The summed E-state index contributed by atoms with van der Waals surface area (Å²) in [5, 5.41) is 0. The summed E-state index contributed by atoms with van der Waals surface area (Å²) < 4.78 is 37.9. The van der Waals surface area contributed by atoms with E-state index in [9.17, 15) is 8.42 Å². The Morgan fingerprint density at radius 2 is 1.94 bits per heavy atom. The molecular formula is C11H22N2O4S. The van der Waals surface area contributed by atoms with Crippen molar-refractivity contribution in [2.24, 2.45) is 0 Å². The minimum absolute atomic E-state index is 0.155. The summed E-state index contributed by atoms with van der Waals surface area (Å²) in [5.74, 6) is 0. The van der Waals surface area contributed by atoms with E-state index in [4.69, 9.17) is 9.47 Å². The average Bonchev–Trinajstić information content (AvgIpc) is 2.73. The van der Waals surface area contributed by atoms with E-state index in [-0.39, 0.29) is 11.7 Å². The summed E-state index contributed by atoms with van der Waals surface area (Å²) in [6.45, 7) is 1.67. The number of nitrogens with zero attached hydrogens (tertiary/aromatic N) is 2. The highest BCUT2D eigenvalue weighted by Gasteiger charge is 2.44. The van der Waals surface area contributed by atoms with E-state index in [2.05, 4.69) is 0 Å². The van der Waals surface area contributed by atoms with Crippen LogP contribution in [0.3, 0.4) is 0 Å². The van der Waals surface area contributed by atoms with Gasteiger partial charge in [-0.2, -0.15) is 17.0 Å². The highest BCUT2D eigenvalue weighted by atomic mass is 32.2. The van der Waals surface area contributed by atoms with E-state index in [1.54, 1.807) is 21.2 Å². The number of hydrogen-bond acceptors (Lipinski definition) is 4. The van der Waals surface area contributed by atoms with E-state index >= 15 is 0 Å². The number of hydrogen-bond donors (Lipinski definition) is 0. The van der Waals surface area contributed by atoms with Crippen molar-refractivity contribution >= 4 is 10.2 Å². The van der Waals surface area contributed by atoms with Crippen molar-refractivity contribution in [1.82, 2.24) is 8.61 Å². The largest absolute Gasteiger partial charge is 0.379 e. The van der Waals surface area contributed by atoms with E-state index < -0.39 is 10.2 Å². The highest BCUT2D eigenvalue weighted by molar-refractivity contribution is 7.86. The Labute approximate surface area is 109 Å². The van der Waals surface area contributed by atoms with Crippen LogP contribution >= 0.6 is 0 Å². The Morgan fingerprint density at radius 1 is 1.33 bits per heavy atom. The molecule has 1 spiro atoms. The molecule has 0 bridgehead atoms. The first kappa shape index (κ1) is 14.2. The van der Waals surface area contributed by atoms with Gasteiger partial charge in [-0.15, -0.1) is 0 Å². The summed E-state index contributed by atoms with van der Waals surface area (Å²) in [4.78, 5) is 0. The third-order valence-corrected chi connectivity index (χ3v) is 5.87. The lowest BCUT2D eigenvalue weighted by Crippen LogP contribution is -2.49. The van der Waals surface area contributed by atoms with E-state index in [0.717, 1.165) is 19.3 Å². The third kappa shape index (κ3) is 2.55. The molecule has 6 nitrogen and oxygen atoms in total. The zero-order valence-corrected chi connectivity index (χ0v) is 12.1. The fraction of sp³-hybridized carbons (Fsp3) is 1.00. The van der Waals surface area contributed by atoms with Gasteiger partial charge in [0, 0.05) is 40.7 Å². The van der Waals surface area contributed by atoms with Crippen LogP contribution in [0.2, 0.25) is 0 Å². The quantitative estimate of drug-likeness (QED) is 0.732. The van der Waals surface area contributed by atoms with E-state index in [1.807, 2.05) is 0 Å². The van der Waals surface area contributed by atoms with Crippen LogP contribution in [0.25, 0.3) is 0 Å². The molecule has 0 saturated carbocycles. The molecule has 2 saturated heterocycles. The molecule has 0 aromatic carbocycles. The maximum atomic E-state index is 12.0. The molecule has 0 radical (unpaired) electrons. The Kier molecular flexibility index (Phi) is 3.99. The first-order valence-corrected chi connectivity index (χ1v) is 7.64. The number of methoxy groups -OCH3 is 1. The van der Waals surface area contributed by atoms with Gasteiger partial charge in [0.05, 0.1) is 18.3 Å². The standard InChI is InChI=1S/C11H22N2O4S/c1-12(2)18(14,15)13-6-4-11(5-7-13)8-10(16-3)9-17-11/h10H,4-9H2,1-3H3/t10-/m1/s1. The van der Waals surface area contributed by atoms with Gasteiger partial charge in [-0.25, -0.2) is 0 Å². The van der Waals surface area contributed by atoms with Crippen molar-refractivity contribution in [2.45, 2.75) is 31.0 Å². The van der Waals surface area contributed by atoms with Gasteiger partial charge in [-0.1, -0.05) is 0 Å². The van der Waals surface area contributed by atoms with Crippen molar-refractivity contribution in [3.05, 3.63) is 0 Å². The highest BCUT2D eigenvalue weighted by Crippen LogP contribution is 2.37. The van der Waals surface area contributed by atoms with Gasteiger partial charge in [0.1, 0.15) is 0 Å². The van der Waals surface area contributed by atoms with E-state index in [0.29, 0.717) is 19.7 Å². The number of rotatable bonds is 3. The molecule has 2 aliphatic rings. The molecule has 2 rings (SSSR count). The van der Waals surface area contributed by atoms with Crippen LogP contribution in [0.15, 0.2) is 0 Å². The monoisotopic (exact) mass is 278 g/mol. The summed E-state index contributed by atoms with van der Waals surface area (Å²) >= 11 is 0. The van der Waals surface area contributed by atoms with Crippen LogP contribution in [0.1, 0.15) is 19.3 Å².